The smallest absolute Gasteiger partial charge is 0.344 e. The van der Waals surface area contributed by atoms with Crippen LogP contribution in [0.3, 0.4) is 0 Å². The third-order valence-corrected chi connectivity index (χ3v) is 9.80. The largest absolute Gasteiger partial charge is 0.426 e. The van der Waals surface area contributed by atoms with Crippen molar-refractivity contribution in [3.63, 3.8) is 0 Å². The lowest BCUT2D eigenvalue weighted by Crippen LogP contribution is -2.52. The van der Waals surface area contributed by atoms with Gasteiger partial charge in [-0.1, -0.05) is 127 Å². The minimum Gasteiger partial charge on any atom is -0.426 e. The molecular weight excluding hydrogens is 608 g/mol. The fourth-order valence-electron chi connectivity index (χ4n) is 7.60. The number of hydrogen-bond acceptors (Lipinski definition) is 5. The summed E-state index contributed by atoms with van der Waals surface area (Å²) < 4.78 is 18.0. The summed E-state index contributed by atoms with van der Waals surface area (Å²) in [6.45, 7) is 0.980. The molecule has 1 heterocycles. The van der Waals surface area contributed by atoms with E-state index in [1.54, 1.807) is 18.2 Å². The molecule has 6 aromatic rings. The van der Waals surface area contributed by atoms with E-state index in [4.69, 9.17) is 14.2 Å². The Labute approximate surface area is 285 Å². The van der Waals surface area contributed by atoms with E-state index in [1.807, 2.05) is 103 Å². The Morgan fingerprint density at radius 2 is 1.02 bits per heavy atom. The minimum atomic E-state index is -1.06. The Balaban J connectivity index is 1.20. The van der Waals surface area contributed by atoms with Crippen molar-refractivity contribution in [1.29, 1.82) is 0 Å². The van der Waals surface area contributed by atoms with Crippen molar-refractivity contribution in [3.8, 4) is 33.8 Å². The number of hydrogen-bond donors (Lipinski definition) is 0. The van der Waals surface area contributed by atoms with Crippen molar-refractivity contribution in [2.45, 2.75) is 18.3 Å². The zero-order chi connectivity index (χ0) is 33.3. The third kappa shape index (κ3) is 5.52. The average Bonchev–Trinajstić information content (AvgIpc) is 3.42. The quantitative estimate of drug-likeness (QED) is 0.116. The number of benzene rings is 6. The molecule has 0 spiro atoms. The molecule has 0 bridgehead atoms. The first-order valence-corrected chi connectivity index (χ1v) is 16.6. The van der Waals surface area contributed by atoms with Gasteiger partial charge in [0, 0.05) is 5.41 Å². The highest BCUT2D eigenvalue weighted by molar-refractivity contribution is 6.00. The van der Waals surface area contributed by atoms with Crippen LogP contribution in [0, 0.1) is 5.41 Å². The number of para-hydroxylation sites is 2. The van der Waals surface area contributed by atoms with Crippen molar-refractivity contribution >= 4 is 11.9 Å². The molecule has 1 aliphatic carbocycles. The van der Waals surface area contributed by atoms with Crippen LogP contribution in [0.15, 0.2) is 158 Å². The molecule has 5 heteroatoms. The second-order valence-corrected chi connectivity index (χ2v) is 13.0. The van der Waals surface area contributed by atoms with Crippen LogP contribution in [0.25, 0.3) is 22.3 Å². The Morgan fingerprint density at radius 1 is 0.531 bits per heavy atom. The molecule has 0 unspecified atom stereocenters. The first kappa shape index (κ1) is 30.5. The van der Waals surface area contributed by atoms with Gasteiger partial charge in [0.1, 0.15) is 16.9 Å². The predicted octanol–water partition coefficient (Wildman–Crippen LogP) is 9.09. The molecule has 0 radical (unpaired) electrons. The maximum atomic E-state index is 14.8. The summed E-state index contributed by atoms with van der Waals surface area (Å²) in [5, 5.41) is 0. The van der Waals surface area contributed by atoms with E-state index in [2.05, 4.69) is 36.4 Å². The second-order valence-electron chi connectivity index (χ2n) is 13.0. The molecule has 0 amide bonds. The van der Waals surface area contributed by atoms with Crippen LogP contribution in [-0.4, -0.2) is 25.2 Å². The molecule has 0 saturated carbocycles. The maximum Gasteiger partial charge on any atom is 0.344 e. The van der Waals surface area contributed by atoms with Crippen LogP contribution in [0.4, 0.5) is 0 Å². The van der Waals surface area contributed by atoms with E-state index in [0.717, 1.165) is 38.9 Å². The predicted molar refractivity (Wildman–Crippen MR) is 190 cm³/mol. The Hall–Kier alpha value is -5.78. The average molecular weight is 643 g/mol. The summed E-state index contributed by atoms with van der Waals surface area (Å²) in [5.74, 6) is 0.285. The summed E-state index contributed by atoms with van der Waals surface area (Å²) in [4.78, 5) is 28.3. The highest BCUT2D eigenvalue weighted by Crippen LogP contribution is 2.56. The molecule has 2 aliphatic rings. The first-order chi connectivity index (χ1) is 24.1. The van der Waals surface area contributed by atoms with Gasteiger partial charge in [-0.15, -0.1) is 0 Å². The molecule has 1 saturated heterocycles. The van der Waals surface area contributed by atoms with E-state index in [9.17, 15) is 9.59 Å². The van der Waals surface area contributed by atoms with E-state index in [0.29, 0.717) is 43.1 Å². The van der Waals surface area contributed by atoms with Crippen LogP contribution in [0.2, 0.25) is 0 Å². The molecular formula is C44H34O5. The number of carbonyl (C=O) groups excluding carboxylic acids is 2. The fraction of sp³-hybridized carbons (Fsp3) is 0.136. The Morgan fingerprint density at radius 3 is 1.61 bits per heavy atom. The van der Waals surface area contributed by atoms with Gasteiger partial charge in [0.2, 0.25) is 0 Å². The lowest BCUT2D eigenvalue weighted by molar-refractivity contribution is -0.150. The molecule has 0 N–H and O–H groups in total. The van der Waals surface area contributed by atoms with E-state index < -0.39 is 16.8 Å². The standard InChI is InChI=1S/C44H34O5/c45-41(48-32-16-3-1-4-17-32)38-24-10-9-21-35(38)34-20-8-7-15-31(34)27-43(29-47-30-43)28-44(42(46)49-33-18-5-2-6-19-33)39-25-13-11-22-36(39)37-23-12-14-26-40(37)44/h1-26H,27-30H2. The molecule has 1 aliphatic heterocycles. The molecule has 0 atom stereocenters. The summed E-state index contributed by atoms with van der Waals surface area (Å²) in [6.07, 6.45) is 1.13. The van der Waals surface area contributed by atoms with Crippen molar-refractivity contribution in [3.05, 3.63) is 180 Å². The summed E-state index contributed by atoms with van der Waals surface area (Å²) in [6, 6.07) is 50.5. The van der Waals surface area contributed by atoms with Crippen LogP contribution in [0.1, 0.15) is 33.5 Å². The zero-order valence-corrected chi connectivity index (χ0v) is 26.9. The molecule has 8 rings (SSSR count). The van der Waals surface area contributed by atoms with Gasteiger partial charge in [-0.05, 0) is 82.1 Å². The fourth-order valence-corrected chi connectivity index (χ4v) is 7.60. The topological polar surface area (TPSA) is 61.8 Å². The number of rotatable bonds is 9. The lowest BCUT2D eigenvalue weighted by atomic mass is 9.63. The van der Waals surface area contributed by atoms with Crippen molar-refractivity contribution in [2.24, 2.45) is 5.41 Å². The van der Waals surface area contributed by atoms with E-state index in [1.165, 1.54) is 0 Å². The van der Waals surface area contributed by atoms with Crippen molar-refractivity contribution in [1.82, 2.24) is 0 Å². The normalized spacial score (nSPS) is 14.9. The van der Waals surface area contributed by atoms with Crippen molar-refractivity contribution in [2.75, 3.05) is 13.2 Å². The third-order valence-electron chi connectivity index (χ3n) is 9.80. The Kier molecular flexibility index (Phi) is 7.90. The van der Waals surface area contributed by atoms with Gasteiger partial charge < -0.3 is 14.2 Å². The van der Waals surface area contributed by atoms with Gasteiger partial charge in [-0.2, -0.15) is 0 Å². The SMILES string of the molecule is O=C(Oc1ccccc1)c1ccccc1-c1ccccc1CC1(CC2(C(=O)Oc3ccccc3)c3ccccc3-c3ccccc32)COC1. The first-order valence-electron chi connectivity index (χ1n) is 16.6. The molecule has 0 aromatic heterocycles. The monoisotopic (exact) mass is 642 g/mol. The lowest BCUT2D eigenvalue weighted by Gasteiger charge is -2.47. The maximum absolute atomic E-state index is 14.8. The number of carbonyl (C=O) groups is 2. The second kappa shape index (κ2) is 12.7. The molecule has 49 heavy (non-hydrogen) atoms. The number of ether oxygens (including phenoxy) is 3. The molecule has 1 fully saturated rings. The van der Waals surface area contributed by atoms with E-state index in [-0.39, 0.29) is 5.97 Å². The van der Waals surface area contributed by atoms with E-state index >= 15 is 0 Å². The van der Waals surface area contributed by atoms with Gasteiger partial charge in [-0.25, -0.2) is 4.79 Å². The zero-order valence-electron chi connectivity index (χ0n) is 26.9. The van der Waals surface area contributed by atoms with Crippen LogP contribution >= 0.6 is 0 Å². The number of fused-ring (bicyclic) bond motifs is 3. The number of esters is 2. The highest BCUT2D eigenvalue weighted by atomic mass is 16.5. The van der Waals surface area contributed by atoms with Gasteiger partial charge >= 0.3 is 11.9 Å². The highest BCUT2D eigenvalue weighted by Gasteiger charge is 2.56. The Bertz CT molecular complexity index is 2100. The van der Waals surface area contributed by atoms with Gasteiger partial charge in [0.05, 0.1) is 18.8 Å². The van der Waals surface area contributed by atoms with Gasteiger partial charge in [0.25, 0.3) is 0 Å². The summed E-state index contributed by atoms with van der Waals surface area (Å²) in [5.41, 5.74) is 5.84. The minimum absolute atomic E-state index is 0.301. The summed E-state index contributed by atoms with van der Waals surface area (Å²) >= 11 is 0. The van der Waals surface area contributed by atoms with Crippen LogP contribution < -0.4 is 9.47 Å². The van der Waals surface area contributed by atoms with Gasteiger partial charge in [0.15, 0.2) is 0 Å². The van der Waals surface area contributed by atoms with Crippen LogP contribution in [0.5, 0.6) is 11.5 Å². The summed E-state index contributed by atoms with van der Waals surface area (Å²) in [7, 11) is 0. The molecule has 5 nitrogen and oxygen atoms in total. The van der Waals surface area contributed by atoms with Crippen molar-refractivity contribution < 1.29 is 23.8 Å². The molecule has 6 aromatic carbocycles. The van der Waals surface area contributed by atoms with Crippen LogP contribution in [-0.2, 0) is 21.4 Å². The van der Waals surface area contributed by atoms with Gasteiger partial charge in [-0.3, -0.25) is 4.79 Å². The molecule has 240 valence electrons.